The van der Waals surface area contributed by atoms with Crippen LogP contribution in [0.15, 0.2) is 24.3 Å². The van der Waals surface area contributed by atoms with Crippen molar-refractivity contribution in [3.8, 4) is 0 Å². The van der Waals surface area contributed by atoms with E-state index in [4.69, 9.17) is 16.7 Å². The normalized spacial score (nSPS) is 12.6. The highest BCUT2D eigenvalue weighted by atomic mass is 35.5. The van der Waals surface area contributed by atoms with Gasteiger partial charge in [0.05, 0.1) is 0 Å². The van der Waals surface area contributed by atoms with Gasteiger partial charge in [0.1, 0.15) is 0 Å². The number of carbonyl (C=O) groups is 1. The molecule has 1 aromatic carbocycles. The third-order valence-electron chi connectivity index (χ3n) is 3.16. The third-order valence-corrected chi connectivity index (χ3v) is 4.11. The predicted molar refractivity (Wildman–Crippen MR) is 89.0 cm³/mol. The van der Waals surface area contributed by atoms with Crippen LogP contribution in [0.2, 0.25) is 5.02 Å². The highest BCUT2D eigenvalue weighted by molar-refractivity contribution is 7.98. The Morgan fingerprint density at radius 1 is 1.55 bits per heavy atom. The molecule has 1 rings (SSSR count). The smallest absolute Gasteiger partial charge is 0.328 e. The number of anilines is 1. The Morgan fingerprint density at radius 3 is 2.80 bits per heavy atom. The van der Waals surface area contributed by atoms with E-state index in [0.717, 1.165) is 29.5 Å². The molecule has 1 atom stereocenters. The zero-order valence-electron chi connectivity index (χ0n) is 12.0. The van der Waals surface area contributed by atoms with Crippen LogP contribution in [-0.4, -0.2) is 36.2 Å². The summed E-state index contributed by atoms with van der Waals surface area (Å²) in [5.41, 5.74) is 1.81. The lowest BCUT2D eigenvalue weighted by atomic mass is 10.1. The van der Waals surface area contributed by atoms with Crippen molar-refractivity contribution in [1.29, 1.82) is 0 Å². The lowest BCUT2D eigenvalue weighted by Gasteiger charge is -2.30. The summed E-state index contributed by atoms with van der Waals surface area (Å²) in [5.74, 6) is 0.0615. The molecule has 0 saturated carbocycles. The van der Waals surface area contributed by atoms with E-state index in [0.29, 0.717) is 11.1 Å². The van der Waals surface area contributed by atoms with Gasteiger partial charge in [-0.1, -0.05) is 24.6 Å². The van der Waals surface area contributed by atoms with Crippen molar-refractivity contribution in [3.05, 3.63) is 34.9 Å². The van der Waals surface area contributed by atoms with Crippen molar-refractivity contribution < 1.29 is 9.90 Å². The van der Waals surface area contributed by atoms with Crippen molar-refractivity contribution in [2.75, 3.05) is 24.0 Å². The molecule has 0 spiro atoms. The maximum absolute atomic E-state index is 10.7. The fourth-order valence-corrected chi connectivity index (χ4v) is 3.03. The molecule has 0 fully saturated rings. The van der Waals surface area contributed by atoms with Gasteiger partial charge in [0.25, 0.3) is 0 Å². The van der Waals surface area contributed by atoms with E-state index in [-0.39, 0.29) is 0 Å². The van der Waals surface area contributed by atoms with Crippen LogP contribution >= 0.6 is 23.4 Å². The van der Waals surface area contributed by atoms with Crippen molar-refractivity contribution in [3.63, 3.8) is 0 Å². The number of benzene rings is 1. The minimum atomic E-state index is -0.954. The summed E-state index contributed by atoms with van der Waals surface area (Å²) < 4.78 is 0. The van der Waals surface area contributed by atoms with Crippen LogP contribution in [0.25, 0.3) is 6.08 Å². The lowest BCUT2D eigenvalue weighted by molar-refractivity contribution is -0.131. The maximum atomic E-state index is 10.7. The summed E-state index contributed by atoms with van der Waals surface area (Å²) in [6.45, 7) is 2.15. The Balaban J connectivity index is 3.13. The van der Waals surface area contributed by atoms with Crippen LogP contribution in [0.5, 0.6) is 0 Å². The van der Waals surface area contributed by atoms with Crippen LogP contribution in [0.3, 0.4) is 0 Å². The van der Waals surface area contributed by atoms with Gasteiger partial charge in [-0.15, -0.1) is 0 Å². The molecule has 3 nitrogen and oxygen atoms in total. The SMILES string of the molecule is CCC(CSC)N(C)c1cc(Cl)ccc1/C=C/C(=O)O. The van der Waals surface area contributed by atoms with E-state index in [1.165, 1.54) is 0 Å². The fourth-order valence-electron chi connectivity index (χ4n) is 2.02. The average molecular weight is 314 g/mol. The zero-order chi connectivity index (χ0) is 15.1. The number of thioether (sulfide) groups is 1. The average Bonchev–Trinajstić information content (AvgIpc) is 2.42. The summed E-state index contributed by atoms with van der Waals surface area (Å²) in [5, 5.41) is 9.42. The minimum Gasteiger partial charge on any atom is -0.478 e. The highest BCUT2D eigenvalue weighted by Gasteiger charge is 2.15. The Morgan fingerprint density at radius 2 is 2.25 bits per heavy atom. The van der Waals surface area contributed by atoms with Crippen LogP contribution in [0.1, 0.15) is 18.9 Å². The quantitative estimate of drug-likeness (QED) is 0.772. The van der Waals surface area contributed by atoms with Crippen molar-refractivity contribution in [2.45, 2.75) is 19.4 Å². The van der Waals surface area contributed by atoms with Crippen molar-refractivity contribution in [1.82, 2.24) is 0 Å². The molecule has 5 heteroatoms. The zero-order valence-corrected chi connectivity index (χ0v) is 13.5. The van der Waals surface area contributed by atoms with E-state index in [2.05, 4.69) is 18.1 Å². The maximum Gasteiger partial charge on any atom is 0.328 e. The second-order valence-corrected chi connectivity index (χ2v) is 5.85. The molecular weight excluding hydrogens is 294 g/mol. The van der Waals surface area contributed by atoms with Gasteiger partial charge in [-0.2, -0.15) is 11.8 Å². The number of nitrogens with zero attached hydrogens (tertiary/aromatic N) is 1. The van der Waals surface area contributed by atoms with E-state index in [9.17, 15) is 4.79 Å². The first-order chi connectivity index (χ1) is 9.49. The number of rotatable bonds is 7. The van der Waals surface area contributed by atoms with Crippen LogP contribution in [-0.2, 0) is 4.79 Å². The Bertz CT molecular complexity index is 491. The van der Waals surface area contributed by atoms with E-state index >= 15 is 0 Å². The standard InChI is InChI=1S/C15H20ClNO2S/c1-4-13(10-20-3)17(2)14-9-12(16)7-5-11(14)6-8-15(18)19/h5-9,13H,4,10H2,1-3H3,(H,18,19)/b8-6+. The first-order valence-electron chi connectivity index (χ1n) is 6.41. The predicted octanol–water partition coefficient (Wildman–Crippen LogP) is 4.02. The molecule has 1 N–H and O–H groups in total. The van der Waals surface area contributed by atoms with E-state index in [1.54, 1.807) is 23.9 Å². The molecule has 1 unspecified atom stereocenters. The number of hydrogen-bond acceptors (Lipinski definition) is 3. The molecule has 0 amide bonds. The summed E-state index contributed by atoms with van der Waals surface area (Å²) in [6.07, 6.45) is 5.86. The summed E-state index contributed by atoms with van der Waals surface area (Å²) >= 11 is 7.88. The molecule has 0 aliphatic rings. The Labute approximate surface area is 129 Å². The topological polar surface area (TPSA) is 40.5 Å². The molecule has 0 aromatic heterocycles. The summed E-state index contributed by atoms with van der Waals surface area (Å²) in [7, 11) is 2.02. The number of carboxylic acids is 1. The molecular formula is C15H20ClNO2S. The molecule has 20 heavy (non-hydrogen) atoms. The monoisotopic (exact) mass is 313 g/mol. The molecule has 1 aromatic rings. The lowest BCUT2D eigenvalue weighted by Crippen LogP contribution is -2.33. The largest absolute Gasteiger partial charge is 0.478 e. The number of aliphatic carboxylic acids is 1. The second kappa shape index (κ2) is 8.22. The van der Waals surface area contributed by atoms with Crippen LogP contribution in [0.4, 0.5) is 5.69 Å². The number of hydrogen-bond donors (Lipinski definition) is 1. The molecule has 110 valence electrons. The van der Waals surface area contributed by atoms with Gasteiger partial charge in [0.15, 0.2) is 0 Å². The van der Waals surface area contributed by atoms with Crippen molar-refractivity contribution >= 4 is 41.1 Å². The van der Waals surface area contributed by atoms with Gasteiger partial charge in [0, 0.05) is 35.6 Å². The molecule has 0 aliphatic heterocycles. The van der Waals surface area contributed by atoms with E-state index in [1.807, 2.05) is 19.2 Å². The molecule has 0 aliphatic carbocycles. The molecule has 0 radical (unpaired) electrons. The Kier molecular flexibility index (Phi) is 6.96. The molecule has 0 saturated heterocycles. The minimum absolute atomic E-state index is 0.389. The molecule has 0 heterocycles. The van der Waals surface area contributed by atoms with Gasteiger partial charge in [-0.25, -0.2) is 4.79 Å². The fraction of sp³-hybridized carbons (Fsp3) is 0.400. The first-order valence-corrected chi connectivity index (χ1v) is 8.19. The van der Waals surface area contributed by atoms with Gasteiger partial charge in [-0.05, 0) is 36.4 Å². The van der Waals surface area contributed by atoms with Gasteiger partial charge in [-0.3, -0.25) is 0 Å². The number of carboxylic acid groups (broad SMARTS) is 1. The second-order valence-electron chi connectivity index (χ2n) is 4.50. The Hall–Kier alpha value is -1.13. The molecule has 0 bridgehead atoms. The van der Waals surface area contributed by atoms with Crippen LogP contribution < -0.4 is 4.90 Å². The highest BCUT2D eigenvalue weighted by Crippen LogP contribution is 2.28. The van der Waals surface area contributed by atoms with Gasteiger partial charge in [0.2, 0.25) is 0 Å². The number of halogens is 1. The van der Waals surface area contributed by atoms with Gasteiger partial charge < -0.3 is 10.0 Å². The van der Waals surface area contributed by atoms with Gasteiger partial charge >= 0.3 is 5.97 Å². The van der Waals surface area contributed by atoms with E-state index < -0.39 is 5.97 Å². The summed E-state index contributed by atoms with van der Waals surface area (Å²) in [4.78, 5) is 12.9. The van der Waals surface area contributed by atoms with Crippen molar-refractivity contribution in [2.24, 2.45) is 0 Å². The third kappa shape index (κ3) is 4.76. The summed E-state index contributed by atoms with van der Waals surface area (Å²) in [6, 6.07) is 5.89. The first kappa shape index (κ1) is 16.9. The van der Waals surface area contributed by atoms with Crippen LogP contribution in [0, 0.1) is 0 Å².